The van der Waals surface area contributed by atoms with E-state index in [1.807, 2.05) is 6.92 Å². The average Bonchev–Trinajstić information content (AvgIpc) is 2.29. The van der Waals surface area contributed by atoms with E-state index >= 15 is 0 Å². The first-order chi connectivity index (χ1) is 7.67. The SMILES string of the molecule is COC1CCCC(OC(=O)C(C)CCN)C1. The predicted molar refractivity (Wildman–Crippen MR) is 62.0 cm³/mol. The van der Waals surface area contributed by atoms with Crippen molar-refractivity contribution < 1.29 is 14.3 Å². The van der Waals surface area contributed by atoms with Crippen molar-refractivity contribution in [1.29, 1.82) is 0 Å². The van der Waals surface area contributed by atoms with Crippen LogP contribution < -0.4 is 5.73 Å². The second-order valence-electron chi connectivity index (χ2n) is 4.56. The van der Waals surface area contributed by atoms with Crippen molar-refractivity contribution in [2.24, 2.45) is 11.7 Å². The highest BCUT2D eigenvalue weighted by atomic mass is 16.5. The van der Waals surface area contributed by atoms with Gasteiger partial charge in [-0.25, -0.2) is 0 Å². The van der Waals surface area contributed by atoms with Crippen LogP contribution in [0, 0.1) is 5.92 Å². The Hall–Kier alpha value is -0.610. The molecule has 2 N–H and O–H groups in total. The largest absolute Gasteiger partial charge is 0.462 e. The molecule has 0 aromatic carbocycles. The number of esters is 1. The topological polar surface area (TPSA) is 61.5 Å². The number of carbonyl (C=O) groups is 1. The van der Waals surface area contributed by atoms with Crippen LogP contribution in [0.4, 0.5) is 0 Å². The summed E-state index contributed by atoms with van der Waals surface area (Å²) in [5.74, 6) is -0.208. The number of carbonyl (C=O) groups excluding carboxylic acids is 1. The third-order valence-corrected chi connectivity index (χ3v) is 3.20. The Balaban J connectivity index is 2.32. The highest BCUT2D eigenvalue weighted by Gasteiger charge is 2.26. The third kappa shape index (κ3) is 4.10. The second kappa shape index (κ2) is 6.86. The Morgan fingerprint density at radius 3 is 2.75 bits per heavy atom. The fourth-order valence-corrected chi connectivity index (χ4v) is 2.07. The number of methoxy groups -OCH3 is 1. The molecule has 1 aliphatic carbocycles. The van der Waals surface area contributed by atoms with Gasteiger partial charge in [0.2, 0.25) is 0 Å². The first kappa shape index (κ1) is 13.5. The number of hydrogen-bond acceptors (Lipinski definition) is 4. The molecule has 4 heteroatoms. The quantitative estimate of drug-likeness (QED) is 0.725. The van der Waals surface area contributed by atoms with E-state index in [0.29, 0.717) is 13.0 Å². The Kier molecular flexibility index (Phi) is 5.77. The van der Waals surface area contributed by atoms with Crippen molar-refractivity contribution in [3.8, 4) is 0 Å². The molecule has 1 saturated carbocycles. The summed E-state index contributed by atoms with van der Waals surface area (Å²) in [5, 5.41) is 0. The van der Waals surface area contributed by atoms with Gasteiger partial charge >= 0.3 is 5.97 Å². The van der Waals surface area contributed by atoms with E-state index < -0.39 is 0 Å². The van der Waals surface area contributed by atoms with Gasteiger partial charge in [0.15, 0.2) is 0 Å². The zero-order chi connectivity index (χ0) is 12.0. The Morgan fingerprint density at radius 1 is 1.44 bits per heavy atom. The van der Waals surface area contributed by atoms with E-state index in [1.165, 1.54) is 0 Å². The summed E-state index contributed by atoms with van der Waals surface area (Å²) in [6, 6.07) is 0. The molecule has 16 heavy (non-hydrogen) atoms. The van der Waals surface area contributed by atoms with Crippen LogP contribution >= 0.6 is 0 Å². The summed E-state index contributed by atoms with van der Waals surface area (Å²) in [5.41, 5.74) is 5.42. The van der Waals surface area contributed by atoms with E-state index in [2.05, 4.69) is 0 Å². The Bertz CT molecular complexity index is 220. The number of ether oxygens (including phenoxy) is 2. The standard InChI is InChI=1S/C12H23NO3/c1-9(6-7-13)12(14)16-11-5-3-4-10(8-11)15-2/h9-11H,3-8,13H2,1-2H3. The first-order valence-electron chi connectivity index (χ1n) is 6.10. The Labute approximate surface area is 97.5 Å². The zero-order valence-electron chi connectivity index (χ0n) is 10.3. The molecule has 1 rings (SSSR count). The molecule has 94 valence electrons. The van der Waals surface area contributed by atoms with Crippen LogP contribution in [0.1, 0.15) is 39.0 Å². The van der Waals surface area contributed by atoms with Gasteiger partial charge in [0, 0.05) is 13.5 Å². The maximum atomic E-state index is 11.7. The van der Waals surface area contributed by atoms with Crippen molar-refractivity contribution in [3.63, 3.8) is 0 Å². The van der Waals surface area contributed by atoms with Gasteiger partial charge in [-0.2, -0.15) is 0 Å². The van der Waals surface area contributed by atoms with E-state index in [4.69, 9.17) is 15.2 Å². The molecule has 0 amide bonds. The molecule has 0 bridgehead atoms. The molecule has 1 fully saturated rings. The van der Waals surface area contributed by atoms with Crippen LogP contribution in [0.15, 0.2) is 0 Å². The predicted octanol–water partition coefficient (Wildman–Crippen LogP) is 1.47. The van der Waals surface area contributed by atoms with Gasteiger partial charge in [0.25, 0.3) is 0 Å². The smallest absolute Gasteiger partial charge is 0.308 e. The molecule has 1 aliphatic rings. The molecule has 0 aromatic rings. The van der Waals surface area contributed by atoms with Crippen LogP contribution in [0.25, 0.3) is 0 Å². The van der Waals surface area contributed by atoms with Crippen molar-refractivity contribution in [2.75, 3.05) is 13.7 Å². The summed E-state index contributed by atoms with van der Waals surface area (Å²) in [7, 11) is 1.71. The average molecular weight is 229 g/mol. The summed E-state index contributed by atoms with van der Waals surface area (Å²) in [6.07, 6.45) is 4.91. The minimum absolute atomic E-state index is 0.0337. The molecular weight excluding hydrogens is 206 g/mol. The minimum atomic E-state index is -0.118. The van der Waals surface area contributed by atoms with Crippen LogP contribution in [0.2, 0.25) is 0 Å². The lowest BCUT2D eigenvalue weighted by Gasteiger charge is -2.28. The maximum Gasteiger partial charge on any atom is 0.308 e. The van der Waals surface area contributed by atoms with Crippen molar-refractivity contribution in [3.05, 3.63) is 0 Å². The maximum absolute atomic E-state index is 11.7. The van der Waals surface area contributed by atoms with E-state index in [1.54, 1.807) is 7.11 Å². The molecule has 4 nitrogen and oxygen atoms in total. The van der Waals surface area contributed by atoms with Crippen molar-refractivity contribution in [2.45, 2.75) is 51.2 Å². The molecule has 0 saturated heterocycles. The van der Waals surface area contributed by atoms with Crippen LogP contribution in [-0.4, -0.2) is 31.8 Å². The van der Waals surface area contributed by atoms with E-state index in [9.17, 15) is 4.79 Å². The monoisotopic (exact) mass is 229 g/mol. The summed E-state index contributed by atoms with van der Waals surface area (Å²) in [4.78, 5) is 11.7. The van der Waals surface area contributed by atoms with Gasteiger partial charge in [0.05, 0.1) is 12.0 Å². The van der Waals surface area contributed by atoms with E-state index in [0.717, 1.165) is 25.7 Å². The van der Waals surface area contributed by atoms with Crippen LogP contribution in [0.5, 0.6) is 0 Å². The van der Waals surface area contributed by atoms with Gasteiger partial charge < -0.3 is 15.2 Å². The lowest BCUT2D eigenvalue weighted by Crippen LogP contribution is -2.31. The van der Waals surface area contributed by atoms with Gasteiger partial charge in [-0.05, 0) is 32.2 Å². The van der Waals surface area contributed by atoms with Crippen LogP contribution in [-0.2, 0) is 14.3 Å². The number of hydrogen-bond donors (Lipinski definition) is 1. The molecule has 0 spiro atoms. The molecule has 0 aromatic heterocycles. The number of rotatable bonds is 5. The fourth-order valence-electron chi connectivity index (χ4n) is 2.07. The summed E-state index contributed by atoms with van der Waals surface area (Å²) >= 11 is 0. The number of nitrogens with two attached hydrogens (primary N) is 1. The summed E-state index contributed by atoms with van der Waals surface area (Å²) in [6.45, 7) is 2.40. The van der Waals surface area contributed by atoms with E-state index in [-0.39, 0.29) is 24.1 Å². The Morgan fingerprint density at radius 2 is 2.12 bits per heavy atom. The van der Waals surface area contributed by atoms with Gasteiger partial charge in [-0.3, -0.25) is 4.79 Å². The second-order valence-corrected chi connectivity index (χ2v) is 4.56. The van der Waals surface area contributed by atoms with Crippen LogP contribution in [0.3, 0.4) is 0 Å². The highest BCUT2D eigenvalue weighted by molar-refractivity contribution is 5.72. The lowest BCUT2D eigenvalue weighted by molar-refractivity contribution is -0.157. The third-order valence-electron chi connectivity index (χ3n) is 3.20. The first-order valence-corrected chi connectivity index (χ1v) is 6.10. The highest BCUT2D eigenvalue weighted by Crippen LogP contribution is 2.24. The molecule has 0 heterocycles. The molecule has 0 radical (unpaired) electrons. The zero-order valence-corrected chi connectivity index (χ0v) is 10.3. The molecule has 0 aliphatic heterocycles. The normalized spacial score (nSPS) is 27.4. The van der Waals surface area contributed by atoms with Gasteiger partial charge in [-0.15, -0.1) is 0 Å². The lowest BCUT2D eigenvalue weighted by atomic mass is 9.94. The fraction of sp³-hybridized carbons (Fsp3) is 0.917. The van der Waals surface area contributed by atoms with Gasteiger partial charge in [-0.1, -0.05) is 6.92 Å². The minimum Gasteiger partial charge on any atom is -0.462 e. The summed E-state index contributed by atoms with van der Waals surface area (Å²) < 4.78 is 10.8. The molecule has 3 unspecified atom stereocenters. The molecule has 3 atom stereocenters. The van der Waals surface area contributed by atoms with Crippen molar-refractivity contribution >= 4 is 5.97 Å². The molecular formula is C12H23NO3. The van der Waals surface area contributed by atoms with Crippen molar-refractivity contribution in [1.82, 2.24) is 0 Å². The van der Waals surface area contributed by atoms with Gasteiger partial charge in [0.1, 0.15) is 6.10 Å².